The van der Waals surface area contributed by atoms with Crippen LogP contribution in [0.2, 0.25) is 0 Å². The Labute approximate surface area is 370 Å². The Morgan fingerprint density at radius 2 is 1.19 bits per heavy atom. The molecule has 2 aliphatic rings. The molecule has 0 unspecified atom stereocenters. The van der Waals surface area contributed by atoms with E-state index in [9.17, 15) is 28.0 Å². The Morgan fingerprint density at radius 3 is 1.57 bits per heavy atom. The minimum atomic E-state index is -0.872. The van der Waals surface area contributed by atoms with Gasteiger partial charge in [-0.1, -0.05) is 96.3 Å². The zero-order chi connectivity index (χ0) is 45.3. The maximum atomic E-state index is 13.4. The van der Waals surface area contributed by atoms with Gasteiger partial charge in [-0.3, -0.25) is 9.59 Å². The molecule has 4 atom stereocenters. The molecule has 7 rings (SSSR count). The predicted molar refractivity (Wildman–Crippen MR) is 238 cm³/mol. The zero-order valence-electron chi connectivity index (χ0n) is 35.8. The number of Topliss-reactive ketones (excluding diaryl/α,β-unsaturated/α-hetero) is 1. The average molecular weight is 876 g/mol. The van der Waals surface area contributed by atoms with E-state index in [1.165, 1.54) is 31.2 Å². The van der Waals surface area contributed by atoms with Crippen LogP contribution in [-0.2, 0) is 25.5 Å². The molecule has 3 heterocycles. The van der Waals surface area contributed by atoms with Gasteiger partial charge in [0.15, 0.2) is 5.78 Å². The van der Waals surface area contributed by atoms with Gasteiger partial charge in [0.05, 0.1) is 18.6 Å². The summed E-state index contributed by atoms with van der Waals surface area (Å²) in [6, 6.07) is 26.7. The van der Waals surface area contributed by atoms with E-state index in [4.69, 9.17) is 9.47 Å². The van der Waals surface area contributed by atoms with Crippen LogP contribution in [0.3, 0.4) is 0 Å². The van der Waals surface area contributed by atoms with Gasteiger partial charge in [-0.15, -0.1) is 23.4 Å². The highest BCUT2D eigenvalue weighted by Crippen LogP contribution is 2.41. The van der Waals surface area contributed by atoms with E-state index in [-0.39, 0.29) is 48.0 Å². The molecule has 0 spiro atoms. The van der Waals surface area contributed by atoms with Gasteiger partial charge in [-0.25, -0.2) is 18.4 Å². The van der Waals surface area contributed by atoms with E-state index >= 15 is 0 Å². The molecule has 0 radical (unpaired) electrons. The van der Waals surface area contributed by atoms with Gasteiger partial charge in [0.1, 0.15) is 32.9 Å². The molecule has 328 valence electrons. The lowest BCUT2D eigenvalue weighted by molar-refractivity contribution is -0.118. The molecule has 63 heavy (non-hydrogen) atoms. The van der Waals surface area contributed by atoms with Gasteiger partial charge < -0.3 is 24.6 Å². The normalized spacial score (nSPS) is 19.4. The second-order valence-corrected chi connectivity index (χ2v) is 16.8. The topological polar surface area (TPSA) is 131 Å². The molecule has 2 aliphatic heterocycles. The lowest BCUT2D eigenvalue weighted by Gasteiger charge is -2.43. The van der Waals surface area contributed by atoms with Gasteiger partial charge in [0, 0.05) is 56.8 Å². The van der Waals surface area contributed by atoms with Gasteiger partial charge in [-0.2, -0.15) is 0 Å². The van der Waals surface area contributed by atoms with Crippen LogP contribution in [0.5, 0.6) is 0 Å². The van der Waals surface area contributed by atoms with E-state index in [1.807, 2.05) is 45.0 Å². The number of carbonyl (C=O) groups is 4. The fraction of sp³-hybridized carbons (Fsp3) is 0.306. The number of carbonyl (C=O) groups excluding carboxylic acids is 4. The summed E-state index contributed by atoms with van der Waals surface area (Å²) in [5, 5.41) is 12.5. The molecule has 11 nitrogen and oxygen atoms in total. The van der Waals surface area contributed by atoms with Crippen molar-refractivity contribution in [2.45, 2.75) is 76.7 Å². The molecule has 2 saturated heterocycles. The lowest BCUT2D eigenvalue weighted by atomic mass is 9.85. The summed E-state index contributed by atoms with van der Waals surface area (Å²) in [7, 11) is 0. The van der Waals surface area contributed by atoms with Crippen LogP contribution < -0.4 is 5.32 Å². The number of amides is 3. The number of halogens is 2. The highest BCUT2D eigenvalue weighted by atomic mass is 32.1. The number of nitrogens with zero attached hydrogens (tertiary/aromatic N) is 4. The third-order valence-corrected chi connectivity index (χ3v) is 12.4. The van der Waals surface area contributed by atoms with Crippen molar-refractivity contribution in [3.8, 4) is 10.6 Å². The third kappa shape index (κ3) is 10.7. The van der Waals surface area contributed by atoms with Gasteiger partial charge >= 0.3 is 12.2 Å². The van der Waals surface area contributed by atoms with E-state index < -0.39 is 17.3 Å². The molecular formula is C49H51F2N5O6S. The number of aromatic nitrogens is 2. The Hall–Kier alpha value is -6.54. The molecule has 4 aromatic carbocycles. The minimum Gasteiger partial charge on any atom is -0.437 e. The number of rotatable bonds is 14. The SMILES string of the molecule is C=CC[C@]1(c2ccc(F)cc2)CCN([C@@H](C)c2ccc(-c3nnc(C)s3)cc2)C(=O)O1.C=CC[C@]1(c2ccc(F)cc2)CCN([C@@H](C)c2ccc(C(=O)CNC(C)=O)cc2)C(=O)O1. The minimum absolute atomic E-state index is 0.0581. The molecule has 1 aromatic heterocycles. The number of aryl methyl sites for hydroxylation is 1. The van der Waals surface area contributed by atoms with E-state index in [1.54, 1.807) is 81.8 Å². The lowest BCUT2D eigenvalue weighted by Crippen LogP contribution is -2.48. The predicted octanol–water partition coefficient (Wildman–Crippen LogP) is 10.5. The van der Waals surface area contributed by atoms with E-state index in [0.29, 0.717) is 44.3 Å². The van der Waals surface area contributed by atoms with Gasteiger partial charge in [0.2, 0.25) is 5.91 Å². The summed E-state index contributed by atoms with van der Waals surface area (Å²) in [5.74, 6) is -1.12. The number of cyclic esters (lactones) is 2. The summed E-state index contributed by atoms with van der Waals surface area (Å²) in [5.41, 5.74) is 3.19. The Morgan fingerprint density at radius 1 is 0.746 bits per heavy atom. The van der Waals surface area contributed by atoms with Crippen molar-refractivity contribution < 1.29 is 37.4 Å². The largest absolute Gasteiger partial charge is 0.437 e. The van der Waals surface area contributed by atoms with Crippen LogP contribution in [-0.4, -0.2) is 63.5 Å². The van der Waals surface area contributed by atoms with Crippen LogP contribution >= 0.6 is 11.3 Å². The summed E-state index contributed by atoms with van der Waals surface area (Å²) >= 11 is 1.55. The van der Waals surface area contributed by atoms with Crippen LogP contribution in [0, 0.1) is 18.6 Å². The molecule has 3 amide bonds. The maximum absolute atomic E-state index is 13.4. The van der Waals surface area contributed by atoms with E-state index in [2.05, 4.69) is 28.7 Å². The highest BCUT2D eigenvalue weighted by molar-refractivity contribution is 7.14. The van der Waals surface area contributed by atoms with Crippen LogP contribution in [0.4, 0.5) is 18.4 Å². The first-order valence-corrected chi connectivity index (χ1v) is 21.5. The molecule has 2 fully saturated rings. The molecule has 0 bridgehead atoms. The van der Waals surface area contributed by atoms with Crippen LogP contribution in [0.15, 0.2) is 122 Å². The van der Waals surface area contributed by atoms with Crippen LogP contribution in [0.1, 0.15) is 96.2 Å². The van der Waals surface area contributed by atoms with Crippen molar-refractivity contribution in [2.75, 3.05) is 19.6 Å². The smallest absolute Gasteiger partial charge is 0.411 e. The summed E-state index contributed by atoms with van der Waals surface area (Å²) < 4.78 is 38.6. The quantitative estimate of drug-likeness (QED) is 0.0862. The van der Waals surface area contributed by atoms with Crippen molar-refractivity contribution in [3.05, 3.63) is 167 Å². The summed E-state index contributed by atoms with van der Waals surface area (Å²) in [6.45, 7) is 15.7. The highest BCUT2D eigenvalue weighted by Gasteiger charge is 2.44. The average Bonchev–Trinajstić information content (AvgIpc) is 3.72. The number of hydrogen-bond acceptors (Lipinski definition) is 9. The van der Waals surface area contributed by atoms with Crippen molar-refractivity contribution in [2.24, 2.45) is 0 Å². The van der Waals surface area contributed by atoms with Crippen molar-refractivity contribution >= 4 is 35.2 Å². The first kappa shape index (κ1) is 46.0. The molecule has 0 aliphatic carbocycles. The zero-order valence-corrected chi connectivity index (χ0v) is 36.6. The number of hydrogen-bond donors (Lipinski definition) is 1. The maximum Gasteiger partial charge on any atom is 0.411 e. The molecule has 14 heteroatoms. The third-order valence-electron chi connectivity index (χ3n) is 11.6. The van der Waals surface area contributed by atoms with Gasteiger partial charge in [0.25, 0.3) is 0 Å². The van der Waals surface area contributed by atoms with Crippen molar-refractivity contribution in [1.29, 1.82) is 0 Å². The first-order chi connectivity index (χ1) is 30.2. The first-order valence-electron chi connectivity index (χ1n) is 20.7. The summed E-state index contributed by atoms with van der Waals surface area (Å²) in [6.07, 6.45) is 4.64. The number of benzene rings is 4. The second kappa shape index (κ2) is 20.1. The number of ketones is 1. The fourth-order valence-corrected chi connectivity index (χ4v) is 8.57. The Bertz CT molecular complexity index is 2430. The standard InChI is InChI=1S/C25H27FN2O4.C24H24FN3O2S/c1-4-13-25(21-9-11-22(26)12-10-21)14-15-28(24(31)32-25)17(2)19-5-7-20(8-6-19)23(30)16-27-18(3)29;1-4-13-24(20-9-11-21(25)12-10-20)14-15-28(23(29)30-24)16(2)18-5-7-19(8-6-18)22-27-26-17(3)31-22/h4-12,17H,1,13-16H2,2-3H3,(H,27,29);4-12,16H,1,13-15H2,2-3H3/t17-,25+;16-,24+/m00/s1. The van der Waals surface area contributed by atoms with Crippen molar-refractivity contribution in [3.63, 3.8) is 0 Å². The number of ether oxygens (including phenoxy) is 2. The second-order valence-electron chi connectivity index (χ2n) is 15.7. The molecule has 0 saturated carbocycles. The van der Waals surface area contributed by atoms with Gasteiger partial charge in [-0.05, 0) is 67.3 Å². The molecular weight excluding hydrogens is 825 g/mol. The van der Waals surface area contributed by atoms with Crippen LogP contribution in [0.25, 0.3) is 10.6 Å². The Balaban J connectivity index is 0.000000210. The summed E-state index contributed by atoms with van der Waals surface area (Å²) in [4.78, 5) is 52.5. The molecule has 1 N–H and O–H groups in total. The fourth-order valence-electron chi connectivity index (χ4n) is 7.88. The number of nitrogens with one attached hydrogen (secondary N) is 1. The molecule has 5 aromatic rings. The Kier molecular flexibility index (Phi) is 14.7. The monoisotopic (exact) mass is 875 g/mol. The van der Waals surface area contributed by atoms with E-state index in [0.717, 1.165) is 37.8 Å². The van der Waals surface area contributed by atoms with Crippen molar-refractivity contribution in [1.82, 2.24) is 25.3 Å².